The highest BCUT2D eigenvalue weighted by molar-refractivity contribution is 5.98. The monoisotopic (exact) mass is 368 g/mol. The maximum Gasteiger partial charge on any atom is 0.314 e. The zero-order chi connectivity index (χ0) is 19.2. The van der Waals surface area contributed by atoms with Gasteiger partial charge in [0.2, 0.25) is 0 Å². The summed E-state index contributed by atoms with van der Waals surface area (Å²) in [7, 11) is 0. The van der Waals surface area contributed by atoms with Crippen molar-refractivity contribution in [2.24, 2.45) is 5.92 Å². The molecule has 0 radical (unpaired) electrons. The molecule has 0 fully saturated rings. The fraction of sp³-hybridized carbons (Fsp3) is 0.364. The molecule has 3 rings (SSSR count). The molecule has 0 aromatic heterocycles. The Morgan fingerprint density at radius 1 is 1.04 bits per heavy atom. The van der Waals surface area contributed by atoms with Gasteiger partial charge in [-0.15, -0.1) is 0 Å². The fourth-order valence-corrected chi connectivity index (χ4v) is 3.12. The molecule has 1 aliphatic heterocycles. The molecule has 0 bridgehead atoms. The second-order valence-corrected chi connectivity index (χ2v) is 6.66. The first-order valence-corrected chi connectivity index (χ1v) is 9.24. The predicted molar refractivity (Wildman–Crippen MR) is 101 cm³/mol. The van der Waals surface area contributed by atoms with Crippen molar-refractivity contribution in [3.05, 3.63) is 59.7 Å². The largest absolute Gasteiger partial charge is 0.486 e. The summed E-state index contributed by atoms with van der Waals surface area (Å²) in [6.07, 6.45) is 0.838. The number of benzene rings is 2. The summed E-state index contributed by atoms with van der Waals surface area (Å²) < 4.78 is 16.3. The van der Waals surface area contributed by atoms with Crippen LogP contribution in [-0.2, 0) is 9.53 Å². The smallest absolute Gasteiger partial charge is 0.314 e. The molecule has 142 valence electrons. The van der Waals surface area contributed by atoms with E-state index in [1.165, 1.54) is 0 Å². The van der Waals surface area contributed by atoms with Crippen molar-refractivity contribution in [2.75, 3.05) is 19.8 Å². The maximum atomic E-state index is 12.7. The van der Waals surface area contributed by atoms with Gasteiger partial charge in [-0.1, -0.05) is 50.6 Å². The Kier molecular flexibility index (Phi) is 6.12. The van der Waals surface area contributed by atoms with E-state index in [1.54, 1.807) is 18.2 Å². The minimum Gasteiger partial charge on any atom is -0.486 e. The Balaban J connectivity index is 1.67. The lowest BCUT2D eigenvalue weighted by Crippen LogP contribution is -2.24. The predicted octanol–water partition coefficient (Wildman–Crippen LogP) is 4.01. The highest BCUT2D eigenvalue weighted by Crippen LogP contribution is 2.31. The second-order valence-electron chi connectivity index (χ2n) is 6.66. The first-order valence-electron chi connectivity index (χ1n) is 9.24. The van der Waals surface area contributed by atoms with E-state index in [2.05, 4.69) is 0 Å². The van der Waals surface area contributed by atoms with E-state index in [-0.39, 0.29) is 30.2 Å². The van der Waals surface area contributed by atoms with Crippen LogP contribution in [0.5, 0.6) is 11.5 Å². The van der Waals surface area contributed by atoms with Crippen LogP contribution in [0.1, 0.15) is 42.1 Å². The average Bonchev–Trinajstić information content (AvgIpc) is 2.72. The molecule has 2 aromatic carbocycles. The summed E-state index contributed by atoms with van der Waals surface area (Å²) in [5.41, 5.74) is 1.34. The van der Waals surface area contributed by atoms with E-state index in [4.69, 9.17) is 14.2 Å². The van der Waals surface area contributed by atoms with Gasteiger partial charge in [-0.3, -0.25) is 9.59 Å². The van der Waals surface area contributed by atoms with Gasteiger partial charge < -0.3 is 14.2 Å². The Labute approximate surface area is 159 Å². The number of carbonyl (C=O) groups is 2. The van der Waals surface area contributed by atoms with Crippen molar-refractivity contribution < 1.29 is 23.8 Å². The quantitative estimate of drug-likeness (QED) is 0.546. The Morgan fingerprint density at radius 2 is 1.74 bits per heavy atom. The molecule has 1 aliphatic rings. The van der Waals surface area contributed by atoms with Gasteiger partial charge in [0.05, 0.1) is 5.92 Å². The van der Waals surface area contributed by atoms with Gasteiger partial charge in [0.1, 0.15) is 13.2 Å². The number of rotatable bonds is 7. The zero-order valence-electron chi connectivity index (χ0n) is 15.6. The van der Waals surface area contributed by atoms with Crippen molar-refractivity contribution in [1.29, 1.82) is 0 Å². The minimum absolute atomic E-state index is 0.115. The molecular formula is C22H24O5. The first-order chi connectivity index (χ1) is 13.1. The lowest BCUT2D eigenvalue weighted by Gasteiger charge is -2.22. The third-order valence-electron chi connectivity index (χ3n) is 4.84. The molecule has 5 nitrogen and oxygen atoms in total. The molecule has 0 amide bonds. The van der Waals surface area contributed by atoms with E-state index in [1.807, 2.05) is 44.2 Å². The molecule has 0 saturated carbocycles. The van der Waals surface area contributed by atoms with Gasteiger partial charge in [-0.05, 0) is 29.7 Å². The summed E-state index contributed by atoms with van der Waals surface area (Å²) in [5.74, 6) is 0.252. The van der Waals surface area contributed by atoms with Crippen LogP contribution in [0, 0.1) is 5.92 Å². The van der Waals surface area contributed by atoms with Crippen molar-refractivity contribution in [1.82, 2.24) is 0 Å². The number of carbonyl (C=O) groups excluding carboxylic acids is 2. The van der Waals surface area contributed by atoms with E-state index in [0.717, 1.165) is 12.0 Å². The normalized spacial score (nSPS) is 14.9. The van der Waals surface area contributed by atoms with E-state index < -0.39 is 0 Å². The van der Waals surface area contributed by atoms with E-state index >= 15 is 0 Å². The van der Waals surface area contributed by atoms with Crippen molar-refractivity contribution >= 4 is 11.8 Å². The number of esters is 1. The lowest BCUT2D eigenvalue weighted by atomic mass is 9.85. The van der Waals surface area contributed by atoms with Gasteiger partial charge in [0.15, 0.2) is 23.9 Å². The van der Waals surface area contributed by atoms with Crippen LogP contribution in [0.4, 0.5) is 0 Å². The minimum atomic E-state index is -0.385. The summed E-state index contributed by atoms with van der Waals surface area (Å²) in [5, 5.41) is 0. The van der Waals surface area contributed by atoms with Gasteiger partial charge in [0, 0.05) is 5.56 Å². The summed E-state index contributed by atoms with van der Waals surface area (Å²) >= 11 is 0. The standard InChI is InChI=1S/C22H24O5/c1-3-15(2)21(16-7-5-4-6-8-16)22(24)27-14-18(23)17-9-10-19-20(13-17)26-12-11-25-19/h4-10,13,15,21H,3,11-12,14H2,1-2H3/t15-,21-/m1/s1. The number of hydrogen-bond donors (Lipinski definition) is 0. The van der Waals surface area contributed by atoms with Crippen LogP contribution in [-0.4, -0.2) is 31.6 Å². The maximum absolute atomic E-state index is 12.7. The van der Waals surface area contributed by atoms with Crippen LogP contribution >= 0.6 is 0 Å². The second kappa shape index (κ2) is 8.71. The zero-order valence-corrected chi connectivity index (χ0v) is 15.6. The van der Waals surface area contributed by atoms with Crippen molar-refractivity contribution in [2.45, 2.75) is 26.2 Å². The van der Waals surface area contributed by atoms with Crippen LogP contribution in [0.15, 0.2) is 48.5 Å². The highest BCUT2D eigenvalue weighted by atomic mass is 16.6. The third kappa shape index (κ3) is 4.48. The van der Waals surface area contributed by atoms with Crippen molar-refractivity contribution in [3.8, 4) is 11.5 Å². The number of Topliss-reactive ketones (excluding diaryl/α,β-unsaturated/α-hetero) is 1. The number of fused-ring (bicyclic) bond motifs is 1. The van der Waals surface area contributed by atoms with Gasteiger partial charge >= 0.3 is 5.97 Å². The molecule has 0 N–H and O–H groups in total. The van der Waals surface area contributed by atoms with Gasteiger partial charge in [0.25, 0.3) is 0 Å². The topological polar surface area (TPSA) is 61.8 Å². The summed E-state index contributed by atoms with van der Waals surface area (Å²) in [6.45, 7) is 4.70. The number of hydrogen-bond acceptors (Lipinski definition) is 5. The molecule has 0 saturated heterocycles. The molecule has 0 spiro atoms. The Morgan fingerprint density at radius 3 is 2.44 bits per heavy atom. The molecule has 2 aromatic rings. The lowest BCUT2D eigenvalue weighted by molar-refractivity contribution is -0.145. The summed E-state index contributed by atoms with van der Waals surface area (Å²) in [4.78, 5) is 25.2. The van der Waals surface area contributed by atoms with Crippen LogP contribution in [0.25, 0.3) is 0 Å². The molecule has 1 heterocycles. The molecular weight excluding hydrogens is 344 g/mol. The molecule has 27 heavy (non-hydrogen) atoms. The average molecular weight is 368 g/mol. The first kappa shape index (κ1) is 19.0. The number of ether oxygens (including phenoxy) is 3. The molecule has 5 heteroatoms. The van der Waals surface area contributed by atoms with E-state index in [0.29, 0.717) is 30.3 Å². The fourth-order valence-electron chi connectivity index (χ4n) is 3.12. The van der Waals surface area contributed by atoms with Gasteiger partial charge in [-0.2, -0.15) is 0 Å². The third-order valence-corrected chi connectivity index (χ3v) is 4.84. The van der Waals surface area contributed by atoms with E-state index in [9.17, 15) is 9.59 Å². The number of ketones is 1. The molecule has 0 unspecified atom stereocenters. The van der Waals surface area contributed by atoms with Crippen LogP contribution in [0.2, 0.25) is 0 Å². The van der Waals surface area contributed by atoms with Crippen LogP contribution in [0.3, 0.4) is 0 Å². The van der Waals surface area contributed by atoms with Gasteiger partial charge in [-0.25, -0.2) is 0 Å². The molecule has 2 atom stereocenters. The summed E-state index contributed by atoms with van der Waals surface area (Å²) in [6, 6.07) is 14.5. The Hall–Kier alpha value is -2.82. The molecule has 0 aliphatic carbocycles. The SMILES string of the molecule is CC[C@@H](C)[C@@H](C(=O)OCC(=O)c1ccc2c(c1)OCCO2)c1ccccc1. The van der Waals surface area contributed by atoms with Crippen molar-refractivity contribution in [3.63, 3.8) is 0 Å². The highest BCUT2D eigenvalue weighted by Gasteiger charge is 2.28. The van der Waals surface area contributed by atoms with Crippen LogP contribution < -0.4 is 9.47 Å². The Bertz CT molecular complexity index is 800.